The van der Waals surface area contributed by atoms with E-state index in [0.29, 0.717) is 12.5 Å². The van der Waals surface area contributed by atoms with Crippen molar-refractivity contribution in [1.82, 2.24) is 10.2 Å². The molecule has 1 heterocycles. The van der Waals surface area contributed by atoms with Gasteiger partial charge in [0.15, 0.2) is 5.96 Å². The average Bonchev–Trinajstić information content (AvgIpc) is 2.61. The van der Waals surface area contributed by atoms with Crippen molar-refractivity contribution in [2.45, 2.75) is 38.6 Å². The van der Waals surface area contributed by atoms with Crippen molar-refractivity contribution >= 4 is 5.96 Å². The van der Waals surface area contributed by atoms with Gasteiger partial charge in [0.05, 0.1) is 19.7 Å². The van der Waals surface area contributed by atoms with Crippen molar-refractivity contribution in [2.75, 3.05) is 33.3 Å². The van der Waals surface area contributed by atoms with Crippen molar-refractivity contribution in [3.05, 3.63) is 29.8 Å². The first-order valence-electron chi connectivity index (χ1n) is 8.66. The van der Waals surface area contributed by atoms with Gasteiger partial charge in [-0.3, -0.25) is 9.89 Å². The van der Waals surface area contributed by atoms with E-state index in [0.717, 1.165) is 31.8 Å². The number of nitrogens with one attached hydrogen (secondary N) is 1. The van der Waals surface area contributed by atoms with E-state index >= 15 is 0 Å². The summed E-state index contributed by atoms with van der Waals surface area (Å²) < 4.78 is 5.27. The number of piperidine rings is 1. The molecule has 1 aliphatic rings. The predicted molar refractivity (Wildman–Crippen MR) is 95.9 cm³/mol. The lowest BCUT2D eigenvalue weighted by atomic mass is 10.0. The van der Waals surface area contributed by atoms with Crippen LogP contribution in [0.15, 0.2) is 29.3 Å². The molecule has 2 rings (SSSR count). The third-order valence-electron chi connectivity index (χ3n) is 4.32. The summed E-state index contributed by atoms with van der Waals surface area (Å²) in [4.78, 5) is 7.10. The first kappa shape index (κ1) is 17.6. The topological polar surface area (TPSA) is 62.9 Å². The van der Waals surface area contributed by atoms with Gasteiger partial charge in [-0.05, 0) is 50.0 Å². The quantitative estimate of drug-likeness (QED) is 0.599. The molecule has 3 N–H and O–H groups in total. The van der Waals surface area contributed by atoms with Crippen LogP contribution in [0.1, 0.15) is 44.2 Å². The number of guanidine groups is 1. The number of methoxy groups -OCH3 is 1. The van der Waals surface area contributed by atoms with Crippen molar-refractivity contribution in [3.8, 4) is 5.75 Å². The van der Waals surface area contributed by atoms with Crippen LogP contribution in [0, 0.1) is 0 Å². The Balaban J connectivity index is 2.10. The summed E-state index contributed by atoms with van der Waals surface area (Å²) in [5, 5.41) is 3.15. The van der Waals surface area contributed by atoms with Gasteiger partial charge in [-0.2, -0.15) is 0 Å². The number of likely N-dealkylation sites (tertiary alicyclic amines) is 1. The van der Waals surface area contributed by atoms with Crippen LogP contribution in [-0.4, -0.2) is 44.1 Å². The molecular formula is C18H30N4O. The molecule has 128 valence electrons. The summed E-state index contributed by atoms with van der Waals surface area (Å²) in [5.74, 6) is 1.43. The second kappa shape index (κ2) is 9.40. The molecule has 0 radical (unpaired) electrons. The van der Waals surface area contributed by atoms with Crippen LogP contribution in [0.25, 0.3) is 0 Å². The molecule has 0 bridgehead atoms. The van der Waals surface area contributed by atoms with Crippen LogP contribution < -0.4 is 15.8 Å². The molecule has 1 aromatic carbocycles. The first-order valence-corrected chi connectivity index (χ1v) is 8.66. The van der Waals surface area contributed by atoms with Crippen LogP contribution in [0.2, 0.25) is 0 Å². The lowest BCUT2D eigenvalue weighted by molar-refractivity contribution is 0.168. The normalized spacial score (nSPS) is 17.7. The van der Waals surface area contributed by atoms with E-state index in [9.17, 15) is 0 Å². The summed E-state index contributed by atoms with van der Waals surface area (Å²) >= 11 is 0. The number of hydrogen-bond acceptors (Lipinski definition) is 3. The Hall–Kier alpha value is -1.75. The molecule has 0 saturated carbocycles. The second-order valence-electron chi connectivity index (χ2n) is 6.04. The molecule has 0 amide bonds. The third kappa shape index (κ3) is 5.43. The van der Waals surface area contributed by atoms with E-state index in [1.165, 1.54) is 24.8 Å². The Labute approximate surface area is 139 Å². The van der Waals surface area contributed by atoms with Crippen molar-refractivity contribution in [3.63, 3.8) is 0 Å². The lowest BCUT2D eigenvalue weighted by Gasteiger charge is -2.34. The molecule has 5 nitrogen and oxygen atoms in total. The molecule has 1 aliphatic heterocycles. The Morgan fingerprint density at radius 1 is 1.26 bits per heavy atom. The number of benzene rings is 1. The Morgan fingerprint density at radius 3 is 2.57 bits per heavy atom. The number of rotatable bonds is 7. The Bertz CT molecular complexity index is 480. The third-order valence-corrected chi connectivity index (χ3v) is 4.32. The minimum Gasteiger partial charge on any atom is -0.497 e. The van der Waals surface area contributed by atoms with Crippen LogP contribution in [0.3, 0.4) is 0 Å². The minimum absolute atomic E-state index is 0.281. The Morgan fingerprint density at radius 2 is 1.96 bits per heavy atom. The number of ether oxygens (including phenoxy) is 1. The molecule has 1 aromatic rings. The van der Waals surface area contributed by atoms with E-state index in [4.69, 9.17) is 10.5 Å². The van der Waals surface area contributed by atoms with E-state index in [2.05, 4.69) is 34.3 Å². The molecule has 1 fully saturated rings. The fourth-order valence-corrected chi connectivity index (χ4v) is 2.98. The first-order chi connectivity index (χ1) is 11.2. The smallest absolute Gasteiger partial charge is 0.188 e. The van der Waals surface area contributed by atoms with E-state index < -0.39 is 0 Å². The SMILES string of the molecule is CCCNC(N)=NCC(c1ccc(OC)cc1)N1CCCCC1. The van der Waals surface area contributed by atoms with Crippen molar-refractivity contribution < 1.29 is 4.74 Å². The maximum absolute atomic E-state index is 5.96. The van der Waals surface area contributed by atoms with Gasteiger partial charge in [0, 0.05) is 6.54 Å². The van der Waals surface area contributed by atoms with Crippen LogP contribution in [0.4, 0.5) is 0 Å². The number of nitrogens with two attached hydrogens (primary N) is 1. The fourth-order valence-electron chi connectivity index (χ4n) is 2.98. The average molecular weight is 318 g/mol. The number of hydrogen-bond donors (Lipinski definition) is 2. The van der Waals surface area contributed by atoms with Gasteiger partial charge >= 0.3 is 0 Å². The highest BCUT2D eigenvalue weighted by Gasteiger charge is 2.22. The predicted octanol–water partition coefficient (Wildman–Crippen LogP) is 2.54. The molecule has 1 saturated heterocycles. The van der Waals surface area contributed by atoms with E-state index in [1.807, 2.05) is 12.1 Å². The summed E-state index contributed by atoms with van der Waals surface area (Å²) in [7, 11) is 1.70. The van der Waals surface area contributed by atoms with Gasteiger partial charge in [0.2, 0.25) is 0 Å². The summed E-state index contributed by atoms with van der Waals surface area (Å²) in [6, 6.07) is 8.61. The molecular weight excluding hydrogens is 288 g/mol. The van der Waals surface area contributed by atoms with Crippen molar-refractivity contribution in [2.24, 2.45) is 10.7 Å². The van der Waals surface area contributed by atoms with Crippen LogP contribution in [0.5, 0.6) is 5.75 Å². The summed E-state index contributed by atoms with van der Waals surface area (Å²) in [6.07, 6.45) is 4.90. The highest BCUT2D eigenvalue weighted by Crippen LogP contribution is 2.26. The van der Waals surface area contributed by atoms with Crippen molar-refractivity contribution in [1.29, 1.82) is 0 Å². The van der Waals surface area contributed by atoms with Gasteiger partial charge in [-0.1, -0.05) is 25.5 Å². The molecule has 0 aromatic heterocycles. The highest BCUT2D eigenvalue weighted by molar-refractivity contribution is 5.77. The zero-order chi connectivity index (χ0) is 16.5. The number of nitrogens with zero attached hydrogens (tertiary/aromatic N) is 2. The maximum atomic E-state index is 5.96. The summed E-state index contributed by atoms with van der Waals surface area (Å²) in [5.41, 5.74) is 7.24. The second-order valence-corrected chi connectivity index (χ2v) is 6.04. The van der Waals surface area contributed by atoms with Gasteiger partial charge in [0.25, 0.3) is 0 Å². The lowest BCUT2D eigenvalue weighted by Crippen LogP contribution is -2.37. The number of aliphatic imine (C=N–C) groups is 1. The van der Waals surface area contributed by atoms with E-state index in [-0.39, 0.29) is 6.04 Å². The largest absolute Gasteiger partial charge is 0.497 e. The molecule has 1 atom stereocenters. The monoisotopic (exact) mass is 318 g/mol. The minimum atomic E-state index is 0.281. The zero-order valence-corrected chi connectivity index (χ0v) is 14.4. The fraction of sp³-hybridized carbons (Fsp3) is 0.611. The van der Waals surface area contributed by atoms with Gasteiger partial charge in [-0.15, -0.1) is 0 Å². The Kier molecular flexibility index (Phi) is 7.20. The highest BCUT2D eigenvalue weighted by atomic mass is 16.5. The van der Waals surface area contributed by atoms with Gasteiger partial charge < -0.3 is 15.8 Å². The zero-order valence-electron chi connectivity index (χ0n) is 14.4. The van der Waals surface area contributed by atoms with Gasteiger partial charge in [-0.25, -0.2) is 0 Å². The maximum Gasteiger partial charge on any atom is 0.188 e. The molecule has 23 heavy (non-hydrogen) atoms. The molecule has 1 unspecified atom stereocenters. The van der Waals surface area contributed by atoms with E-state index in [1.54, 1.807) is 7.11 Å². The summed E-state index contributed by atoms with van der Waals surface area (Å²) in [6.45, 7) is 5.94. The molecule has 5 heteroatoms. The van der Waals surface area contributed by atoms with Crippen LogP contribution >= 0.6 is 0 Å². The standard InChI is InChI=1S/C18H30N4O/c1-3-11-20-18(19)21-14-17(22-12-5-4-6-13-22)15-7-9-16(23-2)10-8-15/h7-10,17H,3-6,11-14H2,1-2H3,(H3,19,20,21). The van der Waals surface area contributed by atoms with Gasteiger partial charge in [0.1, 0.15) is 5.75 Å². The van der Waals surface area contributed by atoms with Crippen LogP contribution in [-0.2, 0) is 0 Å². The molecule has 0 aliphatic carbocycles. The molecule has 0 spiro atoms.